The van der Waals surface area contributed by atoms with Gasteiger partial charge in [-0.2, -0.15) is 16.9 Å². The second-order valence-electron chi connectivity index (χ2n) is 6.79. The minimum absolute atomic E-state index is 0. The lowest BCUT2D eigenvalue weighted by molar-refractivity contribution is 0.0782. The standard InChI is InChI=1S/C17H30N6OS.HI/c1-4-14-21-15-6-5-13(11-23(15)22-14)20-16(18-2)19-12-17(25-3)7-9-24-10-8-17;/h13H,4-12H2,1-3H3,(H2,18,19,20);1H. The average Bonchev–Trinajstić information content (AvgIpc) is 3.08. The van der Waals surface area contributed by atoms with Crippen LogP contribution in [0.5, 0.6) is 0 Å². The van der Waals surface area contributed by atoms with E-state index in [0.717, 1.165) is 76.0 Å². The van der Waals surface area contributed by atoms with Gasteiger partial charge in [-0.05, 0) is 25.5 Å². The maximum absolute atomic E-state index is 5.52. The van der Waals surface area contributed by atoms with Crippen LogP contribution in [0.1, 0.15) is 37.8 Å². The second-order valence-corrected chi connectivity index (χ2v) is 8.06. The summed E-state index contributed by atoms with van der Waals surface area (Å²) in [4.78, 5) is 9.00. The quantitative estimate of drug-likeness (QED) is 0.370. The molecule has 148 valence electrons. The van der Waals surface area contributed by atoms with Crippen molar-refractivity contribution in [2.75, 3.05) is 33.1 Å². The SMILES string of the molecule is CCc1nc2n(n1)CC(NC(=NC)NCC1(SC)CCOCC1)CC2.I. The summed E-state index contributed by atoms with van der Waals surface area (Å²) < 4.78 is 7.82. The first-order valence-corrected chi connectivity index (χ1v) is 10.4. The predicted octanol–water partition coefficient (Wildman–Crippen LogP) is 1.85. The lowest BCUT2D eigenvalue weighted by atomic mass is 9.99. The van der Waals surface area contributed by atoms with Crippen LogP contribution < -0.4 is 10.6 Å². The highest BCUT2D eigenvalue weighted by Gasteiger charge is 2.32. The van der Waals surface area contributed by atoms with E-state index in [-0.39, 0.29) is 28.7 Å². The maximum Gasteiger partial charge on any atom is 0.191 e. The second kappa shape index (κ2) is 10.1. The Bertz CT molecular complexity index is 602. The Morgan fingerprint density at radius 3 is 2.85 bits per heavy atom. The fourth-order valence-electron chi connectivity index (χ4n) is 3.46. The Morgan fingerprint density at radius 1 is 1.42 bits per heavy atom. The Kier molecular flexibility index (Phi) is 8.46. The minimum atomic E-state index is 0. The molecule has 1 atom stereocenters. The van der Waals surface area contributed by atoms with Gasteiger partial charge in [-0.25, -0.2) is 9.67 Å². The van der Waals surface area contributed by atoms with Crippen molar-refractivity contribution in [3.63, 3.8) is 0 Å². The fourth-order valence-corrected chi connectivity index (χ4v) is 4.25. The molecule has 0 amide bonds. The van der Waals surface area contributed by atoms with Crippen LogP contribution in [0.15, 0.2) is 4.99 Å². The molecule has 2 aliphatic rings. The fraction of sp³-hybridized carbons (Fsp3) is 0.824. The molecule has 3 heterocycles. The Labute approximate surface area is 177 Å². The summed E-state index contributed by atoms with van der Waals surface area (Å²) >= 11 is 1.94. The third kappa shape index (κ3) is 5.25. The predicted molar refractivity (Wildman–Crippen MR) is 118 cm³/mol. The Balaban J connectivity index is 0.00000243. The van der Waals surface area contributed by atoms with E-state index in [1.807, 2.05) is 18.8 Å². The van der Waals surface area contributed by atoms with Gasteiger partial charge in [0.05, 0.1) is 6.54 Å². The van der Waals surface area contributed by atoms with Gasteiger partial charge in [-0.1, -0.05) is 6.92 Å². The molecule has 0 aliphatic carbocycles. The van der Waals surface area contributed by atoms with Gasteiger partial charge in [0.1, 0.15) is 5.82 Å². The van der Waals surface area contributed by atoms with E-state index in [9.17, 15) is 0 Å². The lowest BCUT2D eigenvalue weighted by Crippen LogP contribution is -2.51. The number of rotatable bonds is 5. The molecule has 1 aromatic rings. The van der Waals surface area contributed by atoms with Gasteiger partial charge in [0, 0.05) is 50.4 Å². The normalized spacial score (nSPS) is 22.3. The molecule has 1 saturated heterocycles. The van der Waals surface area contributed by atoms with Crippen molar-refractivity contribution in [1.82, 2.24) is 25.4 Å². The van der Waals surface area contributed by atoms with Crippen molar-refractivity contribution in [2.45, 2.75) is 56.4 Å². The monoisotopic (exact) mass is 494 g/mol. The molecule has 0 aromatic carbocycles. The zero-order chi connectivity index (χ0) is 17.7. The minimum Gasteiger partial charge on any atom is -0.381 e. The van der Waals surface area contributed by atoms with Crippen molar-refractivity contribution < 1.29 is 4.74 Å². The third-order valence-corrected chi connectivity index (χ3v) is 6.62. The largest absolute Gasteiger partial charge is 0.381 e. The molecule has 2 aliphatic heterocycles. The first-order chi connectivity index (χ1) is 12.2. The van der Waals surface area contributed by atoms with Crippen molar-refractivity contribution in [3.8, 4) is 0 Å². The summed E-state index contributed by atoms with van der Waals surface area (Å²) in [6.45, 7) is 5.57. The smallest absolute Gasteiger partial charge is 0.191 e. The number of hydrogen-bond donors (Lipinski definition) is 2. The van der Waals surface area contributed by atoms with E-state index in [1.54, 1.807) is 0 Å². The summed E-state index contributed by atoms with van der Waals surface area (Å²) in [5, 5.41) is 11.7. The molecule has 2 N–H and O–H groups in total. The molecule has 0 spiro atoms. The van der Waals surface area contributed by atoms with Gasteiger partial charge in [-0.15, -0.1) is 24.0 Å². The molecule has 1 unspecified atom stereocenters. The number of halogens is 1. The number of nitrogens with one attached hydrogen (secondary N) is 2. The molecule has 1 aromatic heterocycles. The first-order valence-electron chi connectivity index (χ1n) is 9.20. The first kappa shape index (κ1) is 21.7. The van der Waals surface area contributed by atoms with Crippen LogP contribution in [0.2, 0.25) is 0 Å². The zero-order valence-corrected chi connectivity index (χ0v) is 19.1. The molecule has 0 bridgehead atoms. The van der Waals surface area contributed by atoms with Gasteiger partial charge in [0.15, 0.2) is 11.8 Å². The molecular weight excluding hydrogens is 463 g/mol. The maximum atomic E-state index is 5.52. The van der Waals surface area contributed by atoms with Crippen LogP contribution in [-0.2, 0) is 24.1 Å². The Morgan fingerprint density at radius 2 is 2.19 bits per heavy atom. The molecule has 3 rings (SSSR count). The van der Waals surface area contributed by atoms with Crippen molar-refractivity contribution in [1.29, 1.82) is 0 Å². The number of aromatic nitrogens is 3. The van der Waals surface area contributed by atoms with Gasteiger partial charge in [-0.3, -0.25) is 4.99 Å². The van der Waals surface area contributed by atoms with E-state index < -0.39 is 0 Å². The number of nitrogens with zero attached hydrogens (tertiary/aromatic N) is 4. The number of aliphatic imine (C=N–C) groups is 1. The molecule has 26 heavy (non-hydrogen) atoms. The number of aryl methyl sites for hydroxylation is 2. The summed E-state index contributed by atoms with van der Waals surface area (Å²) in [6, 6.07) is 0.338. The molecule has 7 nitrogen and oxygen atoms in total. The topological polar surface area (TPSA) is 76.4 Å². The summed E-state index contributed by atoms with van der Waals surface area (Å²) in [7, 11) is 1.84. The lowest BCUT2D eigenvalue weighted by Gasteiger charge is -2.36. The van der Waals surface area contributed by atoms with Crippen LogP contribution in [0, 0.1) is 0 Å². The number of hydrogen-bond acceptors (Lipinski definition) is 5. The van der Waals surface area contributed by atoms with Gasteiger partial charge < -0.3 is 15.4 Å². The number of fused-ring (bicyclic) bond motifs is 1. The summed E-state index contributed by atoms with van der Waals surface area (Å²) in [5.74, 6) is 2.94. The van der Waals surface area contributed by atoms with Crippen molar-refractivity contribution in [2.24, 2.45) is 4.99 Å². The molecule has 1 fully saturated rings. The number of guanidine groups is 1. The average molecular weight is 494 g/mol. The van der Waals surface area contributed by atoms with E-state index in [0.29, 0.717) is 6.04 Å². The van der Waals surface area contributed by atoms with E-state index in [1.165, 1.54) is 0 Å². The van der Waals surface area contributed by atoms with Gasteiger partial charge >= 0.3 is 0 Å². The van der Waals surface area contributed by atoms with E-state index in [2.05, 4.69) is 43.6 Å². The van der Waals surface area contributed by atoms with Crippen molar-refractivity contribution in [3.05, 3.63) is 11.6 Å². The molecule has 9 heteroatoms. The van der Waals surface area contributed by atoms with Gasteiger partial charge in [0.2, 0.25) is 0 Å². The number of thioether (sulfide) groups is 1. The molecule has 0 radical (unpaired) electrons. The van der Waals surface area contributed by atoms with Crippen LogP contribution in [-0.4, -0.2) is 64.6 Å². The van der Waals surface area contributed by atoms with Crippen molar-refractivity contribution >= 4 is 41.7 Å². The van der Waals surface area contributed by atoms with Crippen LogP contribution >= 0.6 is 35.7 Å². The van der Waals surface area contributed by atoms with E-state index >= 15 is 0 Å². The molecule has 0 saturated carbocycles. The highest BCUT2D eigenvalue weighted by atomic mass is 127. The third-order valence-electron chi connectivity index (χ3n) is 5.20. The molecular formula is C17H31IN6OS. The highest BCUT2D eigenvalue weighted by Crippen LogP contribution is 2.32. The zero-order valence-electron chi connectivity index (χ0n) is 16.0. The van der Waals surface area contributed by atoms with Gasteiger partial charge in [0.25, 0.3) is 0 Å². The van der Waals surface area contributed by atoms with E-state index in [4.69, 9.17) is 4.74 Å². The van der Waals surface area contributed by atoms with Crippen LogP contribution in [0.4, 0.5) is 0 Å². The highest BCUT2D eigenvalue weighted by molar-refractivity contribution is 14.0. The van der Waals surface area contributed by atoms with Crippen LogP contribution in [0.3, 0.4) is 0 Å². The number of ether oxygens (including phenoxy) is 1. The van der Waals surface area contributed by atoms with Crippen LogP contribution in [0.25, 0.3) is 0 Å². The summed E-state index contributed by atoms with van der Waals surface area (Å²) in [5.41, 5.74) is 0. The Hall–Kier alpha value is -0.550. The summed E-state index contributed by atoms with van der Waals surface area (Å²) in [6.07, 6.45) is 7.29.